The van der Waals surface area contributed by atoms with E-state index in [4.69, 9.17) is 0 Å². The number of allylic oxidation sites excluding steroid dienone is 5. The average Bonchev–Trinajstić information content (AvgIpc) is 3.66. The maximum Gasteiger partial charge on any atom is 0.0714 e. The van der Waals surface area contributed by atoms with Crippen LogP contribution in [0, 0.1) is 0 Å². The van der Waals surface area contributed by atoms with Gasteiger partial charge in [0, 0.05) is 11.3 Å². The van der Waals surface area contributed by atoms with Gasteiger partial charge < -0.3 is 4.90 Å². The van der Waals surface area contributed by atoms with E-state index in [1.54, 1.807) is 0 Å². The first kappa shape index (κ1) is 39.2. The summed E-state index contributed by atoms with van der Waals surface area (Å²) in [6.45, 7) is 2.04. The summed E-state index contributed by atoms with van der Waals surface area (Å²) >= 11 is 0. The molecule has 1 aliphatic rings. The van der Waals surface area contributed by atoms with Crippen molar-refractivity contribution in [3.63, 3.8) is 0 Å². The van der Waals surface area contributed by atoms with Crippen molar-refractivity contribution >= 4 is 23.1 Å². The second kappa shape index (κ2) is 17.5. The number of fused-ring (bicyclic) bond motifs is 3. The van der Waals surface area contributed by atoms with Gasteiger partial charge >= 0.3 is 0 Å². The Morgan fingerprint density at radius 1 is 0.349 bits per heavy atom. The topological polar surface area (TPSA) is 3.24 Å². The van der Waals surface area contributed by atoms with Gasteiger partial charge in [-0.05, 0) is 98.0 Å². The molecule has 0 N–H and O–H groups in total. The van der Waals surface area contributed by atoms with E-state index >= 15 is 0 Å². The normalized spacial score (nSPS) is 12.8. The van der Waals surface area contributed by atoms with E-state index in [-0.39, 0.29) is 0 Å². The highest BCUT2D eigenvalue weighted by Crippen LogP contribution is 2.57. The van der Waals surface area contributed by atoms with Crippen molar-refractivity contribution in [1.29, 1.82) is 0 Å². The molecule has 300 valence electrons. The van der Waals surface area contributed by atoms with Gasteiger partial charge in [-0.15, -0.1) is 0 Å². The molecule has 1 heteroatoms. The van der Waals surface area contributed by atoms with Crippen LogP contribution in [-0.4, -0.2) is 0 Å². The molecule has 0 atom stereocenters. The third-order valence-electron chi connectivity index (χ3n) is 12.3. The van der Waals surface area contributed by atoms with Gasteiger partial charge in [0.05, 0.1) is 16.8 Å². The van der Waals surface area contributed by atoms with Gasteiger partial charge in [-0.1, -0.05) is 243 Å². The molecule has 1 nitrogen and oxygen atoms in total. The van der Waals surface area contributed by atoms with Crippen LogP contribution >= 0.6 is 0 Å². The van der Waals surface area contributed by atoms with Gasteiger partial charge in [-0.2, -0.15) is 0 Å². The van der Waals surface area contributed by atoms with E-state index in [1.807, 2.05) is 13.0 Å². The maximum absolute atomic E-state index is 2.48. The number of hydrogen-bond acceptors (Lipinski definition) is 1. The Balaban J connectivity index is 1.21. The molecule has 0 radical (unpaired) electrons. The Bertz CT molecular complexity index is 3060. The average molecular weight is 806 g/mol. The van der Waals surface area contributed by atoms with E-state index in [0.29, 0.717) is 0 Å². The van der Waals surface area contributed by atoms with Crippen LogP contribution in [0.4, 0.5) is 17.1 Å². The zero-order chi connectivity index (χ0) is 42.4. The molecule has 0 aromatic heterocycles. The van der Waals surface area contributed by atoms with Crippen LogP contribution in [0.3, 0.4) is 0 Å². The minimum atomic E-state index is -0.537. The van der Waals surface area contributed by atoms with Gasteiger partial charge in [-0.3, -0.25) is 0 Å². The van der Waals surface area contributed by atoms with Crippen molar-refractivity contribution in [2.45, 2.75) is 12.3 Å². The fourth-order valence-corrected chi connectivity index (χ4v) is 9.55. The monoisotopic (exact) mass is 805 g/mol. The highest BCUT2D eigenvalue weighted by Gasteiger charge is 2.46. The highest BCUT2D eigenvalue weighted by molar-refractivity contribution is 5.97. The van der Waals surface area contributed by atoms with Crippen molar-refractivity contribution < 1.29 is 0 Å². The molecule has 0 unspecified atom stereocenters. The molecule has 0 bridgehead atoms. The van der Waals surface area contributed by atoms with Crippen molar-refractivity contribution in [3.05, 3.63) is 289 Å². The first-order chi connectivity index (χ1) is 31.3. The molecule has 63 heavy (non-hydrogen) atoms. The molecule has 1 aliphatic carbocycles. The Kier molecular flexibility index (Phi) is 10.9. The quantitative estimate of drug-likeness (QED) is 0.118. The van der Waals surface area contributed by atoms with Crippen molar-refractivity contribution in [2.75, 3.05) is 4.90 Å². The SMILES string of the molecule is C\C=C/C=C\C=C\c1ccccc1N(c1ccc2c(c1)C(c1ccccc1)(c1ccccc1)c1ccccc1-2)c1ccccc1-c1ccccc1-c1ccc(-c2ccccc2)cc1. The number of benzene rings is 9. The summed E-state index contributed by atoms with van der Waals surface area (Å²) in [6, 6.07) is 84.3. The molecule has 0 fully saturated rings. The van der Waals surface area contributed by atoms with Crippen LogP contribution in [-0.2, 0) is 5.41 Å². The second-order valence-electron chi connectivity index (χ2n) is 15.9. The van der Waals surface area contributed by atoms with E-state index in [1.165, 1.54) is 61.2 Å². The van der Waals surface area contributed by atoms with Crippen molar-refractivity contribution in [3.8, 4) is 44.5 Å². The van der Waals surface area contributed by atoms with E-state index in [2.05, 4.69) is 266 Å². The molecular formula is C62H47N. The first-order valence-electron chi connectivity index (χ1n) is 21.8. The first-order valence-corrected chi connectivity index (χ1v) is 21.8. The number of rotatable bonds is 11. The summed E-state index contributed by atoms with van der Waals surface area (Å²) in [5.41, 5.74) is 18.5. The Morgan fingerprint density at radius 3 is 1.56 bits per heavy atom. The van der Waals surface area contributed by atoms with Crippen LogP contribution in [0.2, 0.25) is 0 Å². The minimum Gasteiger partial charge on any atom is -0.309 e. The van der Waals surface area contributed by atoms with Crippen LogP contribution in [0.25, 0.3) is 50.6 Å². The van der Waals surface area contributed by atoms with E-state index in [0.717, 1.165) is 28.2 Å². The lowest BCUT2D eigenvalue weighted by Crippen LogP contribution is -2.28. The maximum atomic E-state index is 2.48. The zero-order valence-electron chi connectivity index (χ0n) is 35.4. The van der Waals surface area contributed by atoms with Gasteiger partial charge in [0.2, 0.25) is 0 Å². The number of nitrogens with zero attached hydrogens (tertiary/aromatic N) is 1. The molecule has 10 rings (SSSR count). The fourth-order valence-electron chi connectivity index (χ4n) is 9.55. The van der Waals surface area contributed by atoms with E-state index < -0.39 is 5.41 Å². The Labute approximate surface area is 371 Å². The molecule has 0 spiro atoms. The molecule has 0 saturated carbocycles. The molecule has 0 saturated heterocycles. The number of anilines is 3. The van der Waals surface area contributed by atoms with Crippen molar-refractivity contribution in [2.24, 2.45) is 0 Å². The Hall–Kier alpha value is -8.00. The largest absolute Gasteiger partial charge is 0.309 e. The van der Waals surface area contributed by atoms with Gasteiger partial charge in [0.1, 0.15) is 0 Å². The van der Waals surface area contributed by atoms with Crippen LogP contribution in [0.5, 0.6) is 0 Å². The smallest absolute Gasteiger partial charge is 0.0714 e. The van der Waals surface area contributed by atoms with Gasteiger partial charge in [0.25, 0.3) is 0 Å². The minimum absolute atomic E-state index is 0.537. The third kappa shape index (κ3) is 7.24. The molecule has 9 aromatic carbocycles. The number of para-hydroxylation sites is 2. The lowest BCUT2D eigenvalue weighted by atomic mass is 9.67. The third-order valence-corrected chi connectivity index (χ3v) is 12.3. The summed E-state index contributed by atoms with van der Waals surface area (Å²) in [7, 11) is 0. The summed E-state index contributed by atoms with van der Waals surface area (Å²) in [5, 5.41) is 0. The van der Waals surface area contributed by atoms with Crippen LogP contribution in [0.1, 0.15) is 34.7 Å². The van der Waals surface area contributed by atoms with E-state index in [9.17, 15) is 0 Å². The van der Waals surface area contributed by atoms with Gasteiger partial charge in [-0.25, -0.2) is 0 Å². The molecule has 0 amide bonds. The number of hydrogen-bond donors (Lipinski definition) is 0. The second-order valence-corrected chi connectivity index (χ2v) is 15.9. The van der Waals surface area contributed by atoms with Crippen molar-refractivity contribution in [1.82, 2.24) is 0 Å². The van der Waals surface area contributed by atoms with Crippen LogP contribution in [0.15, 0.2) is 261 Å². The zero-order valence-corrected chi connectivity index (χ0v) is 35.4. The predicted octanol–water partition coefficient (Wildman–Crippen LogP) is 16.7. The molecular weight excluding hydrogens is 759 g/mol. The summed E-state index contributed by atoms with van der Waals surface area (Å²) in [4.78, 5) is 2.48. The van der Waals surface area contributed by atoms with Crippen LogP contribution < -0.4 is 4.90 Å². The lowest BCUT2D eigenvalue weighted by molar-refractivity contribution is 0.768. The summed E-state index contributed by atoms with van der Waals surface area (Å²) in [6.07, 6.45) is 12.6. The molecule has 0 heterocycles. The lowest BCUT2D eigenvalue weighted by Gasteiger charge is -2.35. The molecule has 9 aromatic rings. The standard InChI is InChI=1S/C62H47N/c1-2-3-4-5-9-26-49-27-16-22-37-60(49)63(61-38-23-20-35-57(61)54-33-18-17-32-53(54)48-41-39-47(40-42-48)46-24-10-6-11-25-46)52-43-44-56-55-34-19-21-36-58(55)62(59(56)45-52,50-28-12-7-13-29-50)51-30-14-8-15-31-51/h2-45H,1H3/b3-2-,5-4-,26-9+. The van der Waals surface area contributed by atoms with Gasteiger partial charge in [0.15, 0.2) is 0 Å². The Morgan fingerprint density at radius 2 is 0.857 bits per heavy atom. The molecule has 0 aliphatic heterocycles. The summed E-state index contributed by atoms with van der Waals surface area (Å²) < 4.78 is 0. The predicted molar refractivity (Wildman–Crippen MR) is 268 cm³/mol. The fraction of sp³-hybridized carbons (Fsp3) is 0.0323. The summed E-state index contributed by atoms with van der Waals surface area (Å²) in [5.74, 6) is 0. The highest BCUT2D eigenvalue weighted by atomic mass is 15.1.